The summed E-state index contributed by atoms with van der Waals surface area (Å²) in [6.45, 7) is 4.67. The van der Waals surface area contributed by atoms with Gasteiger partial charge in [-0.3, -0.25) is 0 Å². The van der Waals surface area contributed by atoms with Crippen LogP contribution in [0, 0.1) is 16.6 Å². The van der Waals surface area contributed by atoms with E-state index in [1.807, 2.05) is 18.2 Å². The number of imidazole rings is 1. The summed E-state index contributed by atoms with van der Waals surface area (Å²) in [7, 11) is 0. The lowest BCUT2D eigenvalue weighted by molar-refractivity contribution is 0.223. The Morgan fingerprint density at radius 1 is 1.21 bits per heavy atom. The van der Waals surface area contributed by atoms with Crippen LogP contribution in [-0.4, -0.2) is 9.55 Å². The molecule has 4 heteroatoms. The molecule has 1 saturated carbocycles. The van der Waals surface area contributed by atoms with E-state index in [4.69, 9.17) is 23.8 Å². The van der Waals surface area contributed by atoms with Crippen LogP contribution in [-0.2, 0) is 0 Å². The van der Waals surface area contributed by atoms with Gasteiger partial charge in [0.05, 0.1) is 16.1 Å². The second-order valence-electron chi connectivity index (χ2n) is 6.01. The molecule has 0 saturated heterocycles. The molecule has 1 aromatic heterocycles. The number of nitrogens with zero attached hydrogens (tertiary/aromatic N) is 1. The van der Waals surface area contributed by atoms with Crippen molar-refractivity contribution in [2.75, 3.05) is 0 Å². The number of hydrogen-bond acceptors (Lipinski definition) is 1. The number of benzene rings is 1. The largest absolute Gasteiger partial charge is 0.331 e. The second-order valence-corrected chi connectivity index (χ2v) is 6.80. The van der Waals surface area contributed by atoms with Gasteiger partial charge >= 0.3 is 0 Å². The van der Waals surface area contributed by atoms with Crippen molar-refractivity contribution < 1.29 is 0 Å². The monoisotopic (exact) mass is 294 g/mol. The normalized spacial score (nSPS) is 27.8. The summed E-state index contributed by atoms with van der Waals surface area (Å²) in [4.78, 5) is 3.29. The smallest absolute Gasteiger partial charge is 0.178 e. The van der Waals surface area contributed by atoms with E-state index in [1.165, 1.54) is 19.3 Å². The number of halogens is 1. The summed E-state index contributed by atoms with van der Waals surface area (Å²) in [5.74, 6) is 1.51. The number of fused-ring (bicyclic) bond motifs is 1. The van der Waals surface area contributed by atoms with Gasteiger partial charge in [-0.1, -0.05) is 31.5 Å². The van der Waals surface area contributed by atoms with Crippen LogP contribution >= 0.6 is 23.8 Å². The van der Waals surface area contributed by atoms with E-state index in [0.29, 0.717) is 6.04 Å². The topological polar surface area (TPSA) is 20.7 Å². The van der Waals surface area contributed by atoms with Crippen LogP contribution < -0.4 is 0 Å². The fraction of sp³-hybridized carbons (Fsp3) is 0.533. The molecule has 0 radical (unpaired) electrons. The SMILES string of the molecule is CC1CC(C)CC(n2c(=S)[nH]c3cccc(Cl)c32)C1. The summed E-state index contributed by atoms with van der Waals surface area (Å²) >= 11 is 11.9. The third-order valence-electron chi connectivity index (χ3n) is 4.21. The zero-order chi connectivity index (χ0) is 13.6. The summed E-state index contributed by atoms with van der Waals surface area (Å²) in [5.41, 5.74) is 2.11. The summed E-state index contributed by atoms with van der Waals surface area (Å²) < 4.78 is 3.05. The highest BCUT2D eigenvalue weighted by Gasteiger charge is 2.27. The highest BCUT2D eigenvalue weighted by atomic mass is 35.5. The first-order valence-corrected chi connectivity index (χ1v) is 7.73. The van der Waals surface area contributed by atoms with E-state index >= 15 is 0 Å². The molecule has 0 bridgehead atoms. The Hall–Kier alpha value is -0.800. The number of aromatic amines is 1. The highest BCUT2D eigenvalue weighted by molar-refractivity contribution is 7.71. The summed E-state index contributed by atoms with van der Waals surface area (Å²) in [6, 6.07) is 6.42. The van der Waals surface area contributed by atoms with Gasteiger partial charge in [0.2, 0.25) is 0 Å². The molecular formula is C15H19ClN2S. The molecule has 1 aliphatic carbocycles. The van der Waals surface area contributed by atoms with Crippen LogP contribution in [0.2, 0.25) is 5.02 Å². The van der Waals surface area contributed by atoms with Gasteiger partial charge in [0.15, 0.2) is 4.77 Å². The van der Waals surface area contributed by atoms with Gasteiger partial charge in [0, 0.05) is 6.04 Å². The Balaban J connectivity index is 2.14. The van der Waals surface area contributed by atoms with E-state index in [2.05, 4.69) is 23.4 Å². The van der Waals surface area contributed by atoms with Gasteiger partial charge < -0.3 is 9.55 Å². The molecule has 1 fully saturated rings. The number of nitrogens with one attached hydrogen (secondary N) is 1. The maximum absolute atomic E-state index is 6.38. The standard InChI is InChI=1S/C15H19ClN2S/c1-9-6-10(2)8-11(7-9)18-14-12(16)4-3-5-13(14)17-15(18)19/h3-5,9-11H,6-8H2,1-2H3,(H,17,19). The zero-order valence-electron chi connectivity index (χ0n) is 11.3. The van der Waals surface area contributed by atoms with Gasteiger partial charge in [0.25, 0.3) is 0 Å². The predicted molar refractivity (Wildman–Crippen MR) is 83.3 cm³/mol. The molecule has 1 aliphatic rings. The average molecular weight is 295 g/mol. The van der Waals surface area contributed by atoms with Crippen LogP contribution in [0.5, 0.6) is 0 Å². The molecule has 2 atom stereocenters. The lowest BCUT2D eigenvalue weighted by Gasteiger charge is -2.32. The molecule has 2 unspecified atom stereocenters. The summed E-state index contributed by atoms with van der Waals surface area (Å²) in [5, 5.41) is 0.788. The molecular weight excluding hydrogens is 276 g/mol. The minimum atomic E-state index is 0.472. The Morgan fingerprint density at radius 3 is 2.58 bits per heavy atom. The molecule has 19 heavy (non-hydrogen) atoms. The lowest BCUT2D eigenvalue weighted by atomic mass is 9.80. The molecule has 102 valence electrons. The number of rotatable bonds is 1. The molecule has 0 aliphatic heterocycles. The molecule has 3 rings (SSSR count). The van der Waals surface area contributed by atoms with Crippen molar-refractivity contribution in [3.05, 3.63) is 28.0 Å². The van der Waals surface area contributed by atoms with Crippen molar-refractivity contribution in [3.63, 3.8) is 0 Å². The summed E-state index contributed by atoms with van der Waals surface area (Å²) in [6.07, 6.45) is 3.70. The van der Waals surface area contributed by atoms with Gasteiger partial charge in [-0.15, -0.1) is 0 Å². The van der Waals surface area contributed by atoms with Crippen molar-refractivity contribution in [2.45, 2.75) is 39.2 Å². The first kappa shape index (κ1) is 13.2. The van der Waals surface area contributed by atoms with Crippen molar-refractivity contribution >= 4 is 34.9 Å². The van der Waals surface area contributed by atoms with Gasteiger partial charge in [-0.2, -0.15) is 0 Å². The third kappa shape index (κ3) is 2.34. The highest BCUT2D eigenvalue weighted by Crippen LogP contribution is 2.38. The maximum Gasteiger partial charge on any atom is 0.178 e. The van der Waals surface area contributed by atoms with E-state index in [1.54, 1.807) is 0 Å². The predicted octanol–water partition coefficient (Wildman–Crippen LogP) is 5.35. The quantitative estimate of drug-likeness (QED) is 0.703. The lowest BCUT2D eigenvalue weighted by Crippen LogP contribution is -2.22. The molecule has 1 heterocycles. The van der Waals surface area contributed by atoms with Crippen molar-refractivity contribution in [1.29, 1.82) is 0 Å². The van der Waals surface area contributed by atoms with Crippen molar-refractivity contribution in [2.24, 2.45) is 11.8 Å². The van der Waals surface area contributed by atoms with Gasteiger partial charge in [-0.25, -0.2) is 0 Å². The van der Waals surface area contributed by atoms with Crippen molar-refractivity contribution in [1.82, 2.24) is 9.55 Å². The first-order valence-electron chi connectivity index (χ1n) is 6.95. The molecule has 2 nitrogen and oxygen atoms in total. The van der Waals surface area contributed by atoms with E-state index < -0.39 is 0 Å². The van der Waals surface area contributed by atoms with Crippen LogP contribution in [0.25, 0.3) is 11.0 Å². The second kappa shape index (κ2) is 4.95. The number of hydrogen-bond donors (Lipinski definition) is 1. The van der Waals surface area contributed by atoms with Crippen LogP contribution in [0.4, 0.5) is 0 Å². The van der Waals surface area contributed by atoms with Crippen molar-refractivity contribution in [3.8, 4) is 0 Å². The van der Waals surface area contributed by atoms with Crippen LogP contribution in [0.1, 0.15) is 39.2 Å². The van der Waals surface area contributed by atoms with E-state index in [-0.39, 0.29) is 0 Å². The molecule has 1 aromatic carbocycles. The molecule has 1 N–H and O–H groups in total. The first-order chi connectivity index (χ1) is 9.06. The minimum Gasteiger partial charge on any atom is -0.331 e. The van der Waals surface area contributed by atoms with Crippen LogP contribution in [0.3, 0.4) is 0 Å². The third-order valence-corrected chi connectivity index (χ3v) is 4.81. The number of para-hydroxylation sites is 1. The Morgan fingerprint density at radius 2 is 1.89 bits per heavy atom. The minimum absolute atomic E-state index is 0.472. The molecule has 0 spiro atoms. The zero-order valence-corrected chi connectivity index (χ0v) is 12.9. The maximum atomic E-state index is 6.38. The fourth-order valence-electron chi connectivity index (χ4n) is 3.60. The van der Waals surface area contributed by atoms with Gasteiger partial charge in [0.1, 0.15) is 0 Å². The fourth-order valence-corrected chi connectivity index (χ4v) is 4.22. The van der Waals surface area contributed by atoms with Gasteiger partial charge in [-0.05, 0) is 55.4 Å². The molecule has 2 aromatic rings. The van der Waals surface area contributed by atoms with Crippen LogP contribution in [0.15, 0.2) is 18.2 Å². The average Bonchev–Trinajstić information content (AvgIpc) is 2.65. The number of aromatic nitrogens is 2. The Labute approximate surface area is 123 Å². The van der Waals surface area contributed by atoms with E-state index in [9.17, 15) is 0 Å². The Kier molecular flexibility index (Phi) is 3.44. The molecule has 0 amide bonds. The number of H-pyrrole nitrogens is 1. The Bertz CT molecular complexity index is 648. The van der Waals surface area contributed by atoms with E-state index in [0.717, 1.165) is 32.7 Å².